The van der Waals surface area contributed by atoms with Crippen LogP contribution in [0.2, 0.25) is 5.02 Å². The Kier molecular flexibility index (Phi) is 3.26. The maximum Gasteiger partial charge on any atom is 0.324 e. The lowest BCUT2D eigenvalue weighted by Crippen LogP contribution is -2.19. The lowest BCUT2D eigenvalue weighted by Gasteiger charge is -2.07. The van der Waals surface area contributed by atoms with Gasteiger partial charge < -0.3 is 5.32 Å². The van der Waals surface area contributed by atoms with E-state index in [4.69, 9.17) is 11.6 Å². The number of nitrogens with one attached hydrogen (secondary N) is 3. The third-order valence-corrected chi connectivity index (χ3v) is 3.15. The predicted octanol–water partition coefficient (Wildman–Crippen LogP) is 3.86. The van der Waals surface area contributed by atoms with Gasteiger partial charge in [0, 0.05) is 5.39 Å². The summed E-state index contributed by atoms with van der Waals surface area (Å²) in [6.45, 7) is 0. The van der Waals surface area contributed by atoms with Crippen LogP contribution in [0.15, 0.2) is 48.5 Å². The van der Waals surface area contributed by atoms with Crippen molar-refractivity contribution >= 4 is 40.0 Å². The Morgan fingerprint density at radius 2 is 1.80 bits per heavy atom. The molecule has 0 fully saturated rings. The highest BCUT2D eigenvalue weighted by atomic mass is 35.5. The standard InChI is InChI=1S/C14H11ClN4O/c15-10-6-2-4-8-12(10)16-14(20)17-13-9-5-1-3-7-11(9)18-19-13/h1-8H,(H3,16,17,18,19,20). The quantitative estimate of drug-likeness (QED) is 0.669. The minimum Gasteiger partial charge on any atom is -0.306 e. The van der Waals surface area contributed by atoms with Crippen molar-refractivity contribution < 1.29 is 4.79 Å². The molecule has 0 saturated carbocycles. The van der Waals surface area contributed by atoms with Crippen LogP contribution >= 0.6 is 11.6 Å². The number of carbonyl (C=O) groups is 1. The summed E-state index contributed by atoms with van der Waals surface area (Å²) in [6.07, 6.45) is 0. The maximum atomic E-state index is 11.9. The Hall–Kier alpha value is -2.53. The van der Waals surface area contributed by atoms with Crippen LogP contribution in [-0.4, -0.2) is 16.2 Å². The van der Waals surface area contributed by atoms with Gasteiger partial charge in [-0.15, -0.1) is 0 Å². The first-order valence-electron chi connectivity index (χ1n) is 6.00. The van der Waals surface area contributed by atoms with E-state index in [1.54, 1.807) is 24.3 Å². The zero-order valence-corrected chi connectivity index (χ0v) is 11.1. The maximum absolute atomic E-state index is 11.9. The van der Waals surface area contributed by atoms with Gasteiger partial charge in [-0.2, -0.15) is 5.10 Å². The Bertz CT molecular complexity index is 768. The molecule has 0 aliphatic rings. The number of carbonyl (C=O) groups excluding carboxylic acids is 1. The van der Waals surface area contributed by atoms with E-state index in [9.17, 15) is 4.79 Å². The van der Waals surface area contributed by atoms with E-state index in [0.29, 0.717) is 16.5 Å². The van der Waals surface area contributed by atoms with Crippen LogP contribution in [0.25, 0.3) is 10.9 Å². The molecule has 0 bridgehead atoms. The van der Waals surface area contributed by atoms with E-state index >= 15 is 0 Å². The molecule has 3 rings (SSSR count). The molecule has 1 aromatic heterocycles. The number of nitrogens with zero attached hydrogens (tertiary/aromatic N) is 1. The molecule has 0 saturated heterocycles. The smallest absolute Gasteiger partial charge is 0.306 e. The van der Waals surface area contributed by atoms with Crippen molar-refractivity contribution in [2.24, 2.45) is 0 Å². The van der Waals surface area contributed by atoms with Gasteiger partial charge in [-0.05, 0) is 24.3 Å². The van der Waals surface area contributed by atoms with Crippen molar-refractivity contribution in [3.63, 3.8) is 0 Å². The average molecular weight is 287 g/mol. The topological polar surface area (TPSA) is 69.8 Å². The number of fused-ring (bicyclic) bond motifs is 1. The van der Waals surface area contributed by atoms with Gasteiger partial charge in [-0.3, -0.25) is 10.4 Å². The van der Waals surface area contributed by atoms with Gasteiger partial charge in [0.25, 0.3) is 0 Å². The van der Waals surface area contributed by atoms with E-state index in [1.165, 1.54) is 0 Å². The van der Waals surface area contributed by atoms with Crippen LogP contribution in [0.5, 0.6) is 0 Å². The van der Waals surface area contributed by atoms with Crippen LogP contribution in [0.3, 0.4) is 0 Å². The van der Waals surface area contributed by atoms with E-state index in [0.717, 1.165) is 10.9 Å². The molecule has 2 aromatic carbocycles. The highest BCUT2D eigenvalue weighted by Gasteiger charge is 2.09. The largest absolute Gasteiger partial charge is 0.324 e. The van der Waals surface area contributed by atoms with Gasteiger partial charge in [-0.25, -0.2) is 4.79 Å². The summed E-state index contributed by atoms with van der Waals surface area (Å²) in [6, 6.07) is 14.2. The van der Waals surface area contributed by atoms with Gasteiger partial charge in [-0.1, -0.05) is 35.9 Å². The van der Waals surface area contributed by atoms with E-state index in [-0.39, 0.29) is 0 Å². The molecule has 0 spiro atoms. The first-order valence-corrected chi connectivity index (χ1v) is 6.37. The second kappa shape index (κ2) is 5.22. The second-order valence-electron chi connectivity index (χ2n) is 4.18. The van der Waals surface area contributed by atoms with Crippen LogP contribution in [0, 0.1) is 0 Å². The summed E-state index contributed by atoms with van der Waals surface area (Å²) in [4.78, 5) is 11.9. The normalized spacial score (nSPS) is 10.4. The number of aromatic nitrogens is 2. The molecule has 5 nitrogen and oxygen atoms in total. The highest BCUT2D eigenvalue weighted by Crippen LogP contribution is 2.22. The second-order valence-corrected chi connectivity index (χ2v) is 4.58. The molecule has 0 aliphatic carbocycles. The molecule has 1 heterocycles. The Morgan fingerprint density at radius 1 is 1.05 bits per heavy atom. The number of hydrogen-bond donors (Lipinski definition) is 3. The van der Waals surface area contributed by atoms with Gasteiger partial charge in [0.2, 0.25) is 0 Å². The third-order valence-electron chi connectivity index (χ3n) is 2.82. The number of halogens is 1. The molecule has 20 heavy (non-hydrogen) atoms. The third kappa shape index (κ3) is 2.44. The van der Waals surface area contributed by atoms with Crippen LogP contribution in [0.1, 0.15) is 0 Å². The van der Waals surface area contributed by atoms with Gasteiger partial charge in [0.1, 0.15) is 0 Å². The summed E-state index contributed by atoms with van der Waals surface area (Å²) < 4.78 is 0. The summed E-state index contributed by atoms with van der Waals surface area (Å²) in [7, 11) is 0. The fourth-order valence-corrected chi connectivity index (χ4v) is 2.07. The average Bonchev–Trinajstić information content (AvgIpc) is 2.85. The lowest BCUT2D eigenvalue weighted by molar-refractivity contribution is 0.262. The summed E-state index contributed by atoms with van der Waals surface area (Å²) in [5, 5.41) is 13.6. The number of urea groups is 1. The molecule has 0 radical (unpaired) electrons. The number of amides is 2. The molecule has 0 unspecified atom stereocenters. The minimum absolute atomic E-state index is 0.393. The van der Waals surface area contributed by atoms with Crippen molar-refractivity contribution in [1.82, 2.24) is 10.2 Å². The van der Waals surface area contributed by atoms with Gasteiger partial charge >= 0.3 is 6.03 Å². The molecule has 3 aromatic rings. The number of benzene rings is 2. The number of H-pyrrole nitrogens is 1. The molecule has 3 N–H and O–H groups in total. The highest BCUT2D eigenvalue weighted by molar-refractivity contribution is 6.33. The summed E-state index contributed by atoms with van der Waals surface area (Å²) in [5.41, 5.74) is 1.41. The molecule has 2 amide bonds. The molecule has 100 valence electrons. The fraction of sp³-hybridized carbons (Fsp3) is 0. The molecule has 0 atom stereocenters. The van der Waals surface area contributed by atoms with Crippen molar-refractivity contribution in [1.29, 1.82) is 0 Å². The number of anilines is 2. The monoisotopic (exact) mass is 286 g/mol. The van der Waals surface area contributed by atoms with Crippen molar-refractivity contribution in [2.75, 3.05) is 10.6 Å². The Labute approximate surface area is 119 Å². The van der Waals surface area contributed by atoms with Crippen LogP contribution in [-0.2, 0) is 0 Å². The number of rotatable bonds is 2. The number of para-hydroxylation sites is 2. The molecular weight excluding hydrogens is 276 g/mol. The molecule has 6 heteroatoms. The van der Waals surface area contributed by atoms with E-state index in [1.807, 2.05) is 24.3 Å². The number of aromatic amines is 1. The zero-order chi connectivity index (χ0) is 13.9. The lowest BCUT2D eigenvalue weighted by atomic mass is 10.2. The van der Waals surface area contributed by atoms with E-state index < -0.39 is 6.03 Å². The van der Waals surface area contributed by atoms with Crippen LogP contribution < -0.4 is 10.6 Å². The zero-order valence-electron chi connectivity index (χ0n) is 10.4. The summed E-state index contributed by atoms with van der Waals surface area (Å²) in [5.74, 6) is 0.477. The molecular formula is C14H11ClN4O. The SMILES string of the molecule is O=C(Nc1ccccc1Cl)Nc1n[nH]c2ccccc12. The van der Waals surface area contributed by atoms with E-state index in [2.05, 4.69) is 20.8 Å². The molecule has 0 aliphatic heterocycles. The van der Waals surface area contributed by atoms with Crippen molar-refractivity contribution in [2.45, 2.75) is 0 Å². The van der Waals surface area contributed by atoms with Gasteiger partial charge in [0.15, 0.2) is 5.82 Å². The van der Waals surface area contributed by atoms with Gasteiger partial charge in [0.05, 0.1) is 16.2 Å². The first-order chi connectivity index (χ1) is 9.74. The summed E-state index contributed by atoms with van der Waals surface area (Å²) >= 11 is 5.98. The first kappa shape index (κ1) is 12.5. The Morgan fingerprint density at radius 3 is 2.65 bits per heavy atom. The fourth-order valence-electron chi connectivity index (χ4n) is 1.88. The van der Waals surface area contributed by atoms with Crippen molar-refractivity contribution in [3.8, 4) is 0 Å². The predicted molar refractivity (Wildman–Crippen MR) is 80.2 cm³/mol. The minimum atomic E-state index is -0.393. The number of hydrogen-bond acceptors (Lipinski definition) is 2. The Balaban J connectivity index is 1.78. The van der Waals surface area contributed by atoms with Crippen LogP contribution in [0.4, 0.5) is 16.3 Å². The van der Waals surface area contributed by atoms with Crippen molar-refractivity contribution in [3.05, 3.63) is 53.6 Å².